The summed E-state index contributed by atoms with van der Waals surface area (Å²) in [6.07, 6.45) is -2.39. The van der Waals surface area contributed by atoms with E-state index < -0.39 is 12.2 Å². The largest absolute Gasteiger partial charge is 0.385 e. The van der Waals surface area contributed by atoms with Crippen LogP contribution in [0.5, 0.6) is 0 Å². The van der Waals surface area contributed by atoms with Gasteiger partial charge in [-0.1, -0.05) is 12.1 Å². The zero-order valence-electron chi connectivity index (χ0n) is 8.34. The minimum absolute atomic E-state index is 0.0949. The van der Waals surface area contributed by atoms with Gasteiger partial charge in [-0.05, 0) is 17.2 Å². The van der Waals surface area contributed by atoms with Crippen LogP contribution < -0.4 is 5.32 Å². The van der Waals surface area contributed by atoms with E-state index in [0.717, 1.165) is 5.56 Å². The number of fused-ring (bicyclic) bond motifs is 1. The molecule has 1 amide bonds. The molecule has 2 unspecified atom stereocenters. The Balaban J connectivity index is 2.29. The van der Waals surface area contributed by atoms with Crippen molar-refractivity contribution in [1.29, 1.82) is 5.26 Å². The Morgan fingerprint density at radius 2 is 2.19 bits per heavy atom. The van der Waals surface area contributed by atoms with E-state index in [4.69, 9.17) is 5.26 Å². The number of nitrogens with zero attached hydrogens (tertiary/aromatic N) is 1. The fraction of sp³-hybridized carbons (Fsp3) is 0.273. The van der Waals surface area contributed by atoms with Crippen LogP contribution in [0.4, 0.5) is 5.69 Å². The third-order valence-electron chi connectivity index (χ3n) is 2.53. The van der Waals surface area contributed by atoms with E-state index in [9.17, 15) is 15.0 Å². The summed E-state index contributed by atoms with van der Waals surface area (Å²) in [6.45, 7) is 0. The summed E-state index contributed by atoms with van der Waals surface area (Å²) >= 11 is 0. The van der Waals surface area contributed by atoms with Gasteiger partial charge in [-0.2, -0.15) is 5.26 Å². The molecular weight excluding hydrogens is 208 g/mol. The Hall–Kier alpha value is -1.90. The van der Waals surface area contributed by atoms with Gasteiger partial charge >= 0.3 is 0 Å². The molecule has 0 fully saturated rings. The predicted molar refractivity (Wildman–Crippen MR) is 55.4 cm³/mol. The van der Waals surface area contributed by atoms with E-state index in [0.29, 0.717) is 17.7 Å². The molecule has 0 spiro atoms. The molecule has 5 nitrogen and oxygen atoms in total. The van der Waals surface area contributed by atoms with Crippen molar-refractivity contribution in [2.75, 3.05) is 5.32 Å². The quantitative estimate of drug-likeness (QED) is 0.614. The van der Waals surface area contributed by atoms with E-state index in [1.807, 2.05) is 0 Å². The van der Waals surface area contributed by atoms with Gasteiger partial charge in [0.2, 0.25) is 5.91 Å². The molecule has 16 heavy (non-hydrogen) atoms. The first-order valence-corrected chi connectivity index (χ1v) is 4.80. The van der Waals surface area contributed by atoms with Crippen LogP contribution in [0, 0.1) is 11.3 Å². The van der Waals surface area contributed by atoms with Crippen LogP contribution in [0.1, 0.15) is 17.2 Å². The highest BCUT2D eigenvalue weighted by molar-refractivity contribution is 5.99. The van der Waals surface area contributed by atoms with Gasteiger partial charge in [0, 0.05) is 5.69 Å². The van der Waals surface area contributed by atoms with Gasteiger partial charge in [0.1, 0.15) is 6.10 Å². The third kappa shape index (κ3) is 1.76. The smallest absolute Gasteiger partial charge is 0.228 e. The highest BCUT2D eigenvalue weighted by atomic mass is 16.3. The number of rotatable bonds is 2. The first-order chi connectivity index (χ1) is 7.61. The molecular formula is C11H10N2O3. The number of nitriles is 1. The maximum Gasteiger partial charge on any atom is 0.228 e. The van der Waals surface area contributed by atoms with Crippen LogP contribution in [0.25, 0.3) is 0 Å². The molecule has 1 aromatic carbocycles. The van der Waals surface area contributed by atoms with Crippen molar-refractivity contribution < 1.29 is 15.0 Å². The first-order valence-electron chi connectivity index (χ1n) is 4.80. The number of nitrogens with one attached hydrogen (secondary N) is 1. The Kier molecular flexibility index (Phi) is 2.60. The summed E-state index contributed by atoms with van der Waals surface area (Å²) in [5, 5.41) is 29.9. The van der Waals surface area contributed by atoms with Gasteiger partial charge in [0.05, 0.1) is 12.5 Å². The number of hydrogen-bond acceptors (Lipinski definition) is 4. The highest BCUT2D eigenvalue weighted by Crippen LogP contribution is 2.27. The van der Waals surface area contributed by atoms with Gasteiger partial charge in [-0.15, -0.1) is 0 Å². The van der Waals surface area contributed by atoms with E-state index in [2.05, 4.69) is 5.32 Å². The molecule has 1 aliphatic rings. The number of aliphatic hydroxyl groups is 2. The Morgan fingerprint density at radius 1 is 1.44 bits per heavy atom. The topological polar surface area (TPSA) is 93.3 Å². The molecule has 3 N–H and O–H groups in total. The lowest BCUT2D eigenvalue weighted by atomic mass is 10.0. The number of aliphatic hydroxyl groups excluding tert-OH is 2. The Labute approximate surface area is 91.9 Å². The van der Waals surface area contributed by atoms with E-state index in [-0.39, 0.29) is 5.91 Å². The summed E-state index contributed by atoms with van der Waals surface area (Å²) < 4.78 is 0. The van der Waals surface area contributed by atoms with Crippen LogP contribution in [-0.2, 0) is 11.2 Å². The highest BCUT2D eigenvalue weighted by Gasteiger charge is 2.22. The monoisotopic (exact) mass is 218 g/mol. The van der Waals surface area contributed by atoms with E-state index >= 15 is 0 Å². The average molecular weight is 218 g/mol. The minimum atomic E-state index is -1.46. The fourth-order valence-corrected chi connectivity index (χ4v) is 1.67. The number of hydrogen-bond donors (Lipinski definition) is 3. The van der Waals surface area contributed by atoms with Gasteiger partial charge in [0.25, 0.3) is 0 Å². The standard InChI is InChI=1S/C11H10N2O3/c12-5-9(14)11(16)7-2-1-6-4-10(15)13-8(6)3-7/h1-3,9,11,14,16H,4H2,(H,13,15). The number of carbonyl (C=O) groups is 1. The maximum absolute atomic E-state index is 11.1. The van der Waals surface area contributed by atoms with Crippen molar-refractivity contribution in [3.8, 4) is 6.07 Å². The SMILES string of the molecule is N#CC(O)C(O)c1ccc2c(c1)NC(=O)C2. The Morgan fingerprint density at radius 3 is 2.88 bits per heavy atom. The van der Waals surface area contributed by atoms with Crippen LogP contribution >= 0.6 is 0 Å². The normalized spacial score (nSPS) is 17.2. The average Bonchev–Trinajstić information content (AvgIpc) is 2.65. The summed E-state index contributed by atoms with van der Waals surface area (Å²) in [7, 11) is 0. The van der Waals surface area contributed by atoms with Crippen molar-refractivity contribution in [3.05, 3.63) is 29.3 Å². The van der Waals surface area contributed by atoms with Crippen molar-refractivity contribution >= 4 is 11.6 Å². The summed E-state index contributed by atoms with van der Waals surface area (Å²) in [5.74, 6) is -0.0949. The minimum Gasteiger partial charge on any atom is -0.385 e. The number of carbonyl (C=O) groups excluding carboxylic acids is 1. The van der Waals surface area contributed by atoms with Crippen molar-refractivity contribution in [1.82, 2.24) is 0 Å². The molecule has 0 aliphatic carbocycles. The predicted octanol–water partition coefficient (Wildman–Crippen LogP) is 0.0991. The first kappa shape index (κ1) is 10.6. The lowest BCUT2D eigenvalue weighted by Crippen LogP contribution is -2.15. The second-order valence-corrected chi connectivity index (χ2v) is 3.66. The van der Waals surface area contributed by atoms with Crippen LogP contribution in [0.3, 0.4) is 0 Å². The molecule has 1 heterocycles. The number of amides is 1. The maximum atomic E-state index is 11.1. The molecule has 0 bridgehead atoms. The molecule has 2 atom stereocenters. The van der Waals surface area contributed by atoms with Crippen molar-refractivity contribution in [2.45, 2.75) is 18.6 Å². The molecule has 0 saturated carbocycles. The van der Waals surface area contributed by atoms with Gasteiger partial charge < -0.3 is 15.5 Å². The molecule has 1 aliphatic heterocycles. The zero-order valence-corrected chi connectivity index (χ0v) is 8.34. The van der Waals surface area contributed by atoms with Crippen molar-refractivity contribution in [3.63, 3.8) is 0 Å². The molecule has 0 radical (unpaired) electrons. The molecule has 0 saturated heterocycles. The number of anilines is 1. The van der Waals surface area contributed by atoms with E-state index in [1.54, 1.807) is 24.3 Å². The second-order valence-electron chi connectivity index (χ2n) is 3.66. The Bertz CT molecular complexity index is 479. The lowest BCUT2D eigenvalue weighted by Gasteiger charge is -2.12. The molecule has 82 valence electrons. The molecule has 2 rings (SSSR count). The van der Waals surface area contributed by atoms with Crippen LogP contribution in [0.2, 0.25) is 0 Å². The van der Waals surface area contributed by atoms with Crippen molar-refractivity contribution in [2.24, 2.45) is 0 Å². The summed E-state index contributed by atoms with van der Waals surface area (Å²) in [6, 6.07) is 6.44. The van der Waals surface area contributed by atoms with Crippen LogP contribution in [-0.4, -0.2) is 22.2 Å². The lowest BCUT2D eigenvalue weighted by molar-refractivity contribution is -0.115. The fourth-order valence-electron chi connectivity index (χ4n) is 1.67. The van der Waals surface area contributed by atoms with Crippen LogP contribution in [0.15, 0.2) is 18.2 Å². The van der Waals surface area contributed by atoms with Gasteiger partial charge in [0.15, 0.2) is 6.10 Å². The van der Waals surface area contributed by atoms with Gasteiger partial charge in [-0.3, -0.25) is 4.79 Å². The summed E-state index contributed by atoms with van der Waals surface area (Å²) in [4.78, 5) is 11.1. The molecule has 1 aromatic rings. The van der Waals surface area contributed by atoms with E-state index in [1.165, 1.54) is 0 Å². The third-order valence-corrected chi connectivity index (χ3v) is 2.53. The number of benzene rings is 1. The van der Waals surface area contributed by atoms with Gasteiger partial charge in [-0.25, -0.2) is 0 Å². The molecule has 0 aromatic heterocycles. The summed E-state index contributed by atoms with van der Waals surface area (Å²) in [5.41, 5.74) is 1.90. The second kappa shape index (κ2) is 3.93. The molecule has 5 heteroatoms. The zero-order chi connectivity index (χ0) is 11.7.